The lowest BCUT2D eigenvalue weighted by molar-refractivity contribution is -0.121. The van der Waals surface area contributed by atoms with E-state index in [0.717, 1.165) is 0 Å². The minimum absolute atomic E-state index is 0.0498. The molecule has 0 aromatic rings. The molecular weight excluding hydrogens is 156 g/mol. The van der Waals surface area contributed by atoms with E-state index in [2.05, 4.69) is 4.99 Å². The number of aliphatic imine (C=N–C) groups is 1. The number of rotatable bonds is 0. The van der Waals surface area contributed by atoms with Gasteiger partial charge in [-0.2, -0.15) is 4.99 Å². The highest BCUT2D eigenvalue weighted by atomic mass is 35.5. The highest BCUT2D eigenvalue weighted by Crippen LogP contribution is 2.07. The number of urea groups is 1. The molecular formula is C5H5ClN2O2. The maximum Gasteiger partial charge on any atom is 0.348 e. The minimum atomic E-state index is -0.687. The van der Waals surface area contributed by atoms with E-state index in [1.54, 1.807) is 6.92 Å². The molecule has 3 amide bonds. The van der Waals surface area contributed by atoms with Gasteiger partial charge in [0.2, 0.25) is 5.91 Å². The Morgan fingerprint density at radius 3 is 2.70 bits per heavy atom. The second-order valence-corrected chi connectivity index (χ2v) is 2.34. The summed E-state index contributed by atoms with van der Waals surface area (Å²) in [6, 6.07) is -0.687. The van der Waals surface area contributed by atoms with E-state index in [9.17, 15) is 9.59 Å². The fourth-order valence-electron chi connectivity index (χ4n) is 0.544. The van der Waals surface area contributed by atoms with Crippen LogP contribution in [-0.2, 0) is 4.79 Å². The first kappa shape index (κ1) is 7.21. The molecule has 1 atom stereocenters. The predicted octanol–water partition coefficient (Wildman–Crippen LogP) is 0.510. The third kappa shape index (κ3) is 1.16. The summed E-state index contributed by atoms with van der Waals surface area (Å²) in [4.78, 5) is 24.5. The molecule has 0 saturated carbocycles. The minimum Gasteiger partial charge on any atom is -0.276 e. The fourth-order valence-corrected chi connectivity index (χ4v) is 0.719. The second-order valence-electron chi connectivity index (χ2n) is 1.95. The zero-order chi connectivity index (χ0) is 7.72. The van der Waals surface area contributed by atoms with Gasteiger partial charge in [-0.25, -0.2) is 4.79 Å². The Morgan fingerprint density at radius 1 is 1.60 bits per heavy atom. The van der Waals surface area contributed by atoms with Gasteiger partial charge in [0.25, 0.3) is 0 Å². The first-order valence-corrected chi connectivity index (χ1v) is 3.08. The summed E-state index contributed by atoms with van der Waals surface area (Å²) >= 11 is 5.43. The summed E-state index contributed by atoms with van der Waals surface area (Å²) in [5, 5.41) is 2.06. The smallest absolute Gasteiger partial charge is 0.276 e. The number of carbonyl (C=O) groups excluding carboxylic acids is 2. The average Bonchev–Trinajstić information content (AvgIpc) is 1.82. The Balaban J connectivity index is 2.91. The summed E-state index contributed by atoms with van der Waals surface area (Å²) in [5.74, 6) is -0.899. The van der Waals surface area contributed by atoms with Crippen LogP contribution in [-0.4, -0.2) is 17.1 Å². The van der Waals surface area contributed by atoms with Crippen molar-refractivity contribution in [2.45, 2.75) is 6.92 Å². The van der Waals surface area contributed by atoms with Gasteiger partial charge in [0, 0.05) is 0 Å². The van der Waals surface area contributed by atoms with Crippen molar-refractivity contribution in [3.8, 4) is 0 Å². The van der Waals surface area contributed by atoms with E-state index < -0.39 is 17.9 Å². The molecule has 1 heterocycles. The van der Waals surface area contributed by atoms with E-state index >= 15 is 0 Å². The van der Waals surface area contributed by atoms with Gasteiger partial charge in [0.1, 0.15) is 5.17 Å². The number of hydrogen-bond acceptors (Lipinski definition) is 2. The molecule has 10 heavy (non-hydrogen) atoms. The molecule has 1 aliphatic heterocycles. The number of hydrogen-bond donors (Lipinski definition) is 1. The van der Waals surface area contributed by atoms with Crippen LogP contribution in [0.3, 0.4) is 0 Å². The normalized spacial score (nSPS) is 25.8. The van der Waals surface area contributed by atoms with Gasteiger partial charge >= 0.3 is 6.03 Å². The number of amides is 3. The van der Waals surface area contributed by atoms with Crippen LogP contribution in [0.2, 0.25) is 0 Å². The molecule has 1 rings (SSSR count). The van der Waals surface area contributed by atoms with Crippen LogP contribution in [0.1, 0.15) is 6.92 Å². The van der Waals surface area contributed by atoms with Crippen molar-refractivity contribution in [2.24, 2.45) is 10.9 Å². The molecule has 0 aromatic heterocycles. The molecule has 0 radical (unpaired) electrons. The van der Waals surface area contributed by atoms with Crippen molar-refractivity contribution >= 4 is 28.7 Å². The Kier molecular flexibility index (Phi) is 1.72. The number of imide groups is 1. The Bertz CT molecular complexity index is 224. The van der Waals surface area contributed by atoms with Crippen LogP contribution in [0, 0.1) is 5.92 Å². The van der Waals surface area contributed by atoms with Crippen molar-refractivity contribution in [3.63, 3.8) is 0 Å². The second kappa shape index (κ2) is 2.38. The Morgan fingerprint density at radius 2 is 2.20 bits per heavy atom. The van der Waals surface area contributed by atoms with Crippen molar-refractivity contribution in [2.75, 3.05) is 0 Å². The molecule has 0 bridgehead atoms. The highest BCUT2D eigenvalue weighted by molar-refractivity contribution is 6.68. The molecule has 4 nitrogen and oxygen atoms in total. The van der Waals surface area contributed by atoms with Crippen LogP contribution in [0.15, 0.2) is 4.99 Å². The molecule has 0 unspecified atom stereocenters. The largest absolute Gasteiger partial charge is 0.348 e. The molecule has 1 aliphatic rings. The van der Waals surface area contributed by atoms with Gasteiger partial charge in [0.15, 0.2) is 0 Å². The standard InChI is InChI=1S/C5H5ClN2O2/c1-2-3(6)7-5(10)8-4(2)9/h2H,1H3,(H,8,9,10)/t2-/m0/s1. The van der Waals surface area contributed by atoms with Crippen LogP contribution >= 0.6 is 11.6 Å². The van der Waals surface area contributed by atoms with Crippen LogP contribution in [0.4, 0.5) is 4.79 Å². The number of halogens is 1. The third-order valence-corrected chi connectivity index (χ3v) is 1.60. The lowest BCUT2D eigenvalue weighted by Gasteiger charge is -2.12. The molecule has 0 aliphatic carbocycles. The summed E-state index contributed by atoms with van der Waals surface area (Å²) in [7, 11) is 0. The quantitative estimate of drug-likeness (QED) is 0.561. The average molecular weight is 161 g/mol. The van der Waals surface area contributed by atoms with Gasteiger partial charge in [-0.3, -0.25) is 10.1 Å². The molecule has 1 N–H and O–H groups in total. The summed E-state index contributed by atoms with van der Waals surface area (Å²) in [6.07, 6.45) is 0. The van der Waals surface area contributed by atoms with Crippen LogP contribution in [0.25, 0.3) is 0 Å². The first-order chi connectivity index (χ1) is 4.61. The van der Waals surface area contributed by atoms with Crippen molar-refractivity contribution in [1.29, 1.82) is 0 Å². The van der Waals surface area contributed by atoms with Gasteiger partial charge in [-0.15, -0.1) is 0 Å². The number of nitrogens with one attached hydrogen (secondary N) is 1. The zero-order valence-electron chi connectivity index (χ0n) is 5.22. The van der Waals surface area contributed by atoms with E-state index in [1.165, 1.54) is 0 Å². The summed E-state index contributed by atoms with van der Waals surface area (Å²) in [5.41, 5.74) is 0. The van der Waals surface area contributed by atoms with Gasteiger partial charge < -0.3 is 0 Å². The van der Waals surface area contributed by atoms with Crippen LogP contribution < -0.4 is 5.32 Å². The number of nitrogens with zero attached hydrogens (tertiary/aromatic N) is 1. The van der Waals surface area contributed by atoms with E-state index in [-0.39, 0.29) is 5.17 Å². The zero-order valence-corrected chi connectivity index (χ0v) is 5.97. The Hall–Kier alpha value is -0.900. The predicted molar refractivity (Wildman–Crippen MR) is 36.0 cm³/mol. The maximum atomic E-state index is 10.7. The van der Waals surface area contributed by atoms with E-state index in [4.69, 9.17) is 11.6 Å². The van der Waals surface area contributed by atoms with Crippen molar-refractivity contribution < 1.29 is 9.59 Å². The van der Waals surface area contributed by atoms with Crippen LogP contribution in [0.5, 0.6) is 0 Å². The van der Waals surface area contributed by atoms with Gasteiger partial charge in [0.05, 0.1) is 5.92 Å². The Labute approximate surface area is 62.3 Å². The fraction of sp³-hybridized carbons (Fsp3) is 0.400. The third-order valence-electron chi connectivity index (χ3n) is 1.19. The topological polar surface area (TPSA) is 58.5 Å². The first-order valence-electron chi connectivity index (χ1n) is 2.70. The molecule has 0 saturated heterocycles. The molecule has 5 heteroatoms. The molecule has 0 aromatic carbocycles. The van der Waals surface area contributed by atoms with Gasteiger partial charge in [-0.05, 0) is 6.92 Å². The monoisotopic (exact) mass is 160 g/mol. The summed E-state index contributed by atoms with van der Waals surface area (Å²) in [6.45, 7) is 1.58. The van der Waals surface area contributed by atoms with Gasteiger partial charge in [-0.1, -0.05) is 11.6 Å². The number of carbonyl (C=O) groups is 2. The van der Waals surface area contributed by atoms with E-state index in [0.29, 0.717) is 0 Å². The summed E-state index contributed by atoms with van der Waals surface area (Å²) < 4.78 is 0. The SMILES string of the molecule is C[C@@H]1C(=O)NC(=O)N=C1Cl. The maximum absolute atomic E-state index is 10.7. The van der Waals surface area contributed by atoms with E-state index in [1.807, 2.05) is 5.32 Å². The molecule has 0 spiro atoms. The van der Waals surface area contributed by atoms with Crippen molar-refractivity contribution in [1.82, 2.24) is 5.32 Å². The lowest BCUT2D eigenvalue weighted by Crippen LogP contribution is -2.39. The molecule has 54 valence electrons. The van der Waals surface area contributed by atoms with Crippen molar-refractivity contribution in [3.05, 3.63) is 0 Å². The lowest BCUT2D eigenvalue weighted by atomic mass is 10.2. The highest BCUT2D eigenvalue weighted by Gasteiger charge is 2.24. The molecule has 0 fully saturated rings.